The summed E-state index contributed by atoms with van der Waals surface area (Å²) >= 11 is 0. The molecule has 0 unspecified atom stereocenters. The number of aliphatic hydroxyl groups excluding tert-OH is 1. The van der Waals surface area contributed by atoms with Gasteiger partial charge in [-0.25, -0.2) is 0 Å². The minimum absolute atomic E-state index is 0.0240. The van der Waals surface area contributed by atoms with Gasteiger partial charge in [0.15, 0.2) is 5.78 Å². The molecule has 0 aromatic heterocycles. The summed E-state index contributed by atoms with van der Waals surface area (Å²) in [4.78, 5) is 24.0. The molecule has 0 aromatic carbocycles. The van der Waals surface area contributed by atoms with E-state index in [0.29, 0.717) is 0 Å². The van der Waals surface area contributed by atoms with Crippen molar-refractivity contribution < 1.29 is 19.4 Å². The number of ether oxygens (including phenoxy) is 1. The Labute approximate surface area is 112 Å². The predicted molar refractivity (Wildman–Crippen MR) is 68.1 cm³/mol. The second kappa shape index (κ2) is 3.92. The van der Waals surface area contributed by atoms with Crippen LogP contribution in [0.5, 0.6) is 0 Å². The van der Waals surface area contributed by atoms with Crippen molar-refractivity contribution in [1.82, 2.24) is 0 Å². The van der Waals surface area contributed by atoms with E-state index in [9.17, 15) is 14.7 Å². The van der Waals surface area contributed by atoms with Crippen LogP contribution < -0.4 is 0 Å². The van der Waals surface area contributed by atoms with Gasteiger partial charge in [0.05, 0.1) is 17.4 Å². The van der Waals surface area contributed by atoms with Gasteiger partial charge in [-0.3, -0.25) is 9.59 Å². The molecule has 0 spiro atoms. The summed E-state index contributed by atoms with van der Waals surface area (Å²) in [5.74, 6) is -0.627. The molecule has 0 amide bonds. The average Bonchev–Trinajstić information content (AvgIpc) is 2.77. The van der Waals surface area contributed by atoms with Crippen molar-refractivity contribution >= 4 is 11.8 Å². The number of rotatable bonds is 0. The van der Waals surface area contributed by atoms with Crippen molar-refractivity contribution in [3.8, 4) is 0 Å². The number of fused-ring (bicyclic) bond motifs is 2. The van der Waals surface area contributed by atoms with Crippen molar-refractivity contribution in [3.05, 3.63) is 12.2 Å². The maximum absolute atomic E-state index is 12.2. The van der Waals surface area contributed by atoms with Crippen molar-refractivity contribution in [2.45, 2.75) is 39.4 Å². The van der Waals surface area contributed by atoms with E-state index in [1.54, 1.807) is 13.0 Å². The molecule has 1 saturated heterocycles. The molecule has 3 rings (SSSR count). The summed E-state index contributed by atoms with van der Waals surface area (Å²) in [6.45, 7) is 5.69. The Bertz CT molecular complexity index is 469. The molecule has 0 aromatic rings. The molecule has 1 saturated carbocycles. The Balaban J connectivity index is 2.06. The van der Waals surface area contributed by atoms with Crippen molar-refractivity contribution in [1.29, 1.82) is 0 Å². The van der Waals surface area contributed by atoms with Crippen molar-refractivity contribution in [2.75, 3.05) is 0 Å². The monoisotopic (exact) mass is 264 g/mol. The minimum atomic E-state index is -0.823. The van der Waals surface area contributed by atoms with Gasteiger partial charge in [0, 0.05) is 5.92 Å². The predicted octanol–water partition coefficient (Wildman–Crippen LogP) is 1.33. The lowest BCUT2D eigenvalue weighted by Gasteiger charge is -2.37. The smallest absolute Gasteiger partial charge is 0.309 e. The molecule has 0 bridgehead atoms. The first kappa shape index (κ1) is 12.9. The first-order valence-corrected chi connectivity index (χ1v) is 6.98. The molecule has 104 valence electrons. The summed E-state index contributed by atoms with van der Waals surface area (Å²) < 4.78 is 5.41. The lowest BCUT2D eigenvalue weighted by Crippen LogP contribution is -2.47. The number of aliphatic hydroxyl groups is 1. The number of carbonyl (C=O) groups excluding carboxylic acids is 2. The highest BCUT2D eigenvalue weighted by Gasteiger charge is 2.60. The number of ketones is 1. The molecule has 4 heteroatoms. The molecular weight excluding hydrogens is 244 g/mol. The van der Waals surface area contributed by atoms with Gasteiger partial charge in [-0.05, 0) is 31.3 Å². The van der Waals surface area contributed by atoms with Crippen LogP contribution in [0.3, 0.4) is 0 Å². The minimum Gasteiger partial charge on any atom is -0.462 e. The average molecular weight is 264 g/mol. The third-order valence-electron chi connectivity index (χ3n) is 5.52. The van der Waals surface area contributed by atoms with E-state index < -0.39 is 11.5 Å². The summed E-state index contributed by atoms with van der Waals surface area (Å²) in [6.07, 6.45) is 3.15. The van der Waals surface area contributed by atoms with E-state index in [1.807, 2.05) is 13.0 Å². The first-order chi connectivity index (χ1) is 8.87. The topological polar surface area (TPSA) is 63.6 Å². The zero-order valence-electron chi connectivity index (χ0n) is 11.5. The summed E-state index contributed by atoms with van der Waals surface area (Å²) in [5, 5.41) is 10.8. The first-order valence-electron chi connectivity index (χ1n) is 6.98. The Morgan fingerprint density at radius 3 is 2.74 bits per heavy atom. The Hall–Kier alpha value is -1.16. The van der Waals surface area contributed by atoms with Gasteiger partial charge in [-0.1, -0.05) is 19.9 Å². The van der Waals surface area contributed by atoms with E-state index >= 15 is 0 Å². The van der Waals surface area contributed by atoms with Gasteiger partial charge < -0.3 is 9.84 Å². The van der Waals surface area contributed by atoms with Gasteiger partial charge in [-0.2, -0.15) is 0 Å². The largest absolute Gasteiger partial charge is 0.462 e. The van der Waals surface area contributed by atoms with Crippen LogP contribution in [0.15, 0.2) is 12.2 Å². The fourth-order valence-corrected chi connectivity index (χ4v) is 4.27. The van der Waals surface area contributed by atoms with Crippen LogP contribution in [0, 0.1) is 29.1 Å². The van der Waals surface area contributed by atoms with Gasteiger partial charge in [0.2, 0.25) is 0 Å². The molecule has 19 heavy (non-hydrogen) atoms. The van der Waals surface area contributed by atoms with E-state index in [2.05, 4.69) is 6.92 Å². The summed E-state index contributed by atoms with van der Waals surface area (Å²) in [5.41, 5.74) is -0.804. The van der Waals surface area contributed by atoms with E-state index in [-0.39, 0.29) is 41.5 Å². The maximum atomic E-state index is 12.2. The molecule has 4 nitrogen and oxygen atoms in total. The zero-order valence-corrected chi connectivity index (χ0v) is 11.5. The van der Waals surface area contributed by atoms with E-state index in [0.717, 1.165) is 6.42 Å². The van der Waals surface area contributed by atoms with Gasteiger partial charge in [-0.15, -0.1) is 0 Å². The summed E-state index contributed by atoms with van der Waals surface area (Å²) in [6, 6.07) is 0. The zero-order chi connectivity index (χ0) is 13.9. The highest BCUT2D eigenvalue weighted by atomic mass is 16.6. The highest BCUT2D eigenvalue weighted by Crippen LogP contribution is 2.53. The van der Waals surface area contributed by atoms with Gasteiger partial charge in [0.1, 0.15) is 6.10 Å². The SMILES string of the molecule is C[C@@H]1C(=O)O[C@H]2C[C@H](C)[C@@H]3C=CC(=O)[C@@]3(C)[C@@H](O)[C@@H]21. The maximum Gasteiger partial charge on any atom is 0.309 e. The number of hydrogen-bond donors (Lipinski definition) is 1. The van der Waals surface area contributed by atoms with Gasteiger partial charge >= 0.3 is 5.97 Å². The number of esters is 1. The van der Waals surface area contributed by atoms with Crippen LogP contribution in [-0.2, 0) is 14.3 Å². The molecule has 0 radical (unpaired) electrons. The van der Waals surface area contributed by atoms with E-state index in [1.165, 1.54) is 0 Å². The Morgan fingerprint density at radius 2 is 2.05 bits per heavy atom. The number of carbonyl (C=O) groups is 2. The Morgan fingerprint density at radius 1 is 1.37 bits per heavy atom. The van der Waals surface area contributed by atoms with Crippen LogP contribution in [0.2, 0.25) is 0 Å². The molecule has 3 aliphatic rings. The Kier molecular flexibility index (Phi) is 2.65. The molecule has 1 N–H and O–H groups in total. The molecular formula is C15H20O4. The highest BCUT2D eigenvalue weighted by molar-refractivity contribution is 5.98. The lowest BCUT2D eigenvalue weighted by molar-refractivity contribution is -0.144. The quantitative estimate of drug-likeness (QED) is 0.670. The molecule has 1 heterocycles. The molecule has 1 aliphatic heterocycles. The van der Waals surface area contributed by atoms with Crippen LogP contribution in [-0.4, -0.2) is 29.1 Å². The second-order valence-corrected chi connectivity index (χ2v) is 6.53. The molecule has 2 aliphatic carbocycles. The van der Waals surface area contributed by atoms with Crippen LogP contribution in [0.4, 0.5) is 0 Å². The third-order valence-corrected chi connectivity index (χ3v) is 5.52. The third kappa shape index (κ3) is 1.49. The standard InChI is InChI=1S/C15H20O4/c1-7-6-10-12(8(2)14(18)19-10)13(17)15(3)9(7)4-5-11(15)16/h4-5,7-10,12-13,17H,6H2,1-3H3/t7-,8-,9-,10-,12+,13-,15-/m0/s1. The van der Waals surface area contributed by atoms with Crippen LogP contribution in [0.25, 0.3) is 0 Å². The number of hydrogen-bond acceptors (Lipinski definition) is 4. The van der Waals surface area contributed by atoms with E-state index in [4.69, 9.17) is 4.74 Å². The normalized spacial score (nSPS) is 52.6. The lowest BCUT2D eigenvalue weighted by atomic mass is 9.67. The fourth-order valence-electron chi connectivity index (χ4n) is 4.27. The summed E-state index contributed by atoms with van der Waals surface area (Å²) in [7, 11) is 0. The molecule has 2 fully saturated rings. The van der Waals surface area contributed by atoms with Crippen LogP contribution >= 0.6 is 0 Å². The molecule has 7 atom stereocenters. The fraction of sp³-hybridized carbons (Fsp3) is 0.733. The van der Waals surface area contributed by atoms with Crippen molar-refractivity contribution in [3.63, 3.8) is 0 Å². The second-order valence-electron chi connectivity index (χ2n) is 6.53. The van der Waals surface area contributed by atoms with Crippen LogP contribution in [0.1, 0.15) is 27.2 Å². The van der Waals surface area contributed by atoms with Gasteiger partial charge in [0.25, 0.3) is 0 Å². The van der Waals surface area contributed by atoms with Crippen molar-refractivity contribution in [2.24, 2.45) is 29.1 Å². The number of allylic oxidation sites excluding steroid dienone is 2.